The van der Waals surface area contributed by atoms with Crippen LogP contribution in [0.1, 0.15) is 48.2 Å². The van der Waals surface area contributed by atoms with Crippen molar-refractivity contribution in [3.05, 3.63) is 70.9 Å². The number of anilines is 2. The van der Waals surface area contributed by atoms with Crippen LogP contribution in [0.25, 0.3) is 11.3 Å². The van der Waals surface area contributed by atoms with Gasteiger partial charge in [0.25, 0.3) is 5.91 Å². The third-order valence-corrected chi connectivity index (χ3v) is 9.15. The summed E-state index contributed by atoms with van der Waals surface area (Å²) in [6.07, 6.45) is 2.87. The van der Waals surface area contributed by atoms with Gasteiger partial charge in [-0.15, -0.1) is 0 Å². The van der Waals surface area contributed by atoms with Crippen molar-refractivity contribution in [2.75, 3.05) is 25.2 Å². The molecular weight excluding hydrogens is 486 g/mol. The van der Waals surface area contributed by atoms with E-state index in [0.29, 0.717) is 36.2 Å². The van der Waals surface area contributed by atoms with Crippen molar-refractivity contribution in [3.63, 3.8) is 0 Å². The first-order valence-electron chi connectivity index (χ1n) is 11.5. The van der Waals surface area contributed by atoms with E-state index in [9.17, 15) is 22.0 Å². The Balaban J connectivity index is 1.50. The van der Waals surface area contributed by atoms with Gasteiger partial charge in [0.05, 0.1) is 10.9 Å². The SMILES string of the molecule is CN1CC(C)(C)c2cc(-c3nc(Nc4ccc(F)c(C5(S(C)(=O)=O)CC5)c4)ncc3F)ccc2C1=O. The van der Waals surface area contributed by atoms with E-state index in [2.05, 4.69) is 15.3 Å². The molecule has 0 spiro atoms. The van der Waals surface area contributed by atoms with Crippen molar-refractivity contribution < 1.29 is 22.0 Å². The summed E-state index contributed by atoms with van der Waals surface area (Å²) in [5, 5.41) is 2.94. The first-order chi connectivity index (χ1) is 16.8. The molecule has 1 aliphatic heterocycles. The van der Waals surface area contributed by atoms with Gasteiger partial charge in [0.15, 0.2) is 15.7 Å². The Morgan fingerprint density at radius 3 is 2.42 bits per heavy atom. The Labute approximate surface area is 208 Å². The maximum atomic E-state index is 14.8. The summed E-state index contributed by atoms with van der Waals surface area (Å²) in [5.41, 5.74) is 2.09. The number of fused-ring (bicyclic) bond motifs is 1. The first-order valence-corrected chi connectivity index (χ1v) is 13.4. The number of likely N-dealkylation sites (N-methyl/N-ethyl adjacent to an activating group) is 1. The van der Waals surface area contributed by atoms with Gasteiger partial charge < -0.3 is 10.2 Å². The van der Waals surface area contributed by atoms with Gasteiger partial charge in [-0.05, 0) is 48.7 Å². The fourth-order valence-corrected chi connectivity index (χ4v) is 6.46. The van der Waals surface area contributed by atoms with Gasteiger partial charge in [0.1, 0.15) is 11.5 Å². The third-order valence-electron chi connectivity index (χ3n) is 7.10. The molecule has 2 aromatic carbocycles. The molecule has 1 fully saturated rings. The molecule has 1 aromatic heterocycles. The Kier molecular flexibility index (Phi) is 5.44. The third kappa shape index (κ3) is 3.93. The minimum atomic E-state index is -3.51. The number of rotatable bonds is 5. The second kappa shape index (κ2) is 8.06. The average molecular weight is 513 g/mol. The van der Waals surface area contributed by atoms with E-state index < -0.39 is 26.2 Å². The molecule has 0 bridgehead atoms. The van der Waals surface area contributed by atoms with Crippen molar-refractivity contribution in [1.82, 2.24) is 14.9 Å². The Bertz CT molecular complexity index is 1520. The summed E-state index contributed by atoms with van der Waals surface area (Å²) in [7, 11) is -1.75. The number of sulfone groups is 1. The Morgan fingerprint density at radius 2 is 1.75 bits per heavy atom. The van der Waals surface area contributed by atoms with Crippen molar-refractivity contribution in [3.8, 4) is 11.3 Å². The standard InChI is InChI=1S/C26H26F2N4O3S/c1-25(2)14-32(3)23(33)17-7-5-15(11-18(17)25)22-21(28)13-29-24(31-22)30-16-6-8-20(27)19(12-16)26(9-10-26)36(4,34)35/h5-8,11-13H,9-10,14H2,1-4H3,(H,29,30,31). The van der Waals surface area contributed by atoms with Gasteiger partial charge in [0, 0.05) is 47.6 Å². The summed E-state index contributed by atoms with van der Waals surface area (Å²) in [4.78, 5) is 22.6. The van der Waals surface area contributed by atoms with Crippen LogP contribution in [0.15, 0.2) is 42.6 Å². The van der Waals surface area contributed by atoms with E-state index >= 15 is 0 Å². The van der Waals surface area contributed by atoms with Gasteiger partial charge in [-0.2, -0.15) is 0 Å². The van der Waals surface area contributed by atoms with Crippen LogP contribution in [-0.4, -0.2) is 49.0 Å². The van der Waals surface area contributed by atoms with E-state index in [1.54, 1.807) is 30.1 Å². The predicted octanol–water partition coefficient (Wildman–Crippen LogP) is 4.56. The van der Waals surface area contributed by atoms with Crippen LogP contribution in [0.4, 0.5) is 20.4 Å². The summed E-state index contributed by atoms with van der Waals surface area (Å²) in [6.45, 7) is 4.58. The highest BCUT2D eigenvalue weighted by Gasteiger charge is 2.55. The number of benzene rings is 2. The zero-order chi connectivity index (χ0) is 26.0. The molecule has 1 aliphatic carbocycles. The van der Waals surface area contributed by atoms with Crippen molar-refractivity contribution in [2.45, 2.75) is 36.9 Å². The van der Waals surface area contributed by atoms with Crippen molar-refractivity contribution in [1.29, 1.82) is 0 Å². The monoisotopic (exact) mass is 512 g/mol. The molecule has 2 heterocycles. The zero-order valence-corrected chi connectivity index (χ0v) is 21.2. The normalized spacial score (nSPS) is 18.1. The fraction of sp³-hybridized carbons (Fsp3) is 0.346. The van der Waals surface area contributed by atoms with Crippen LogP contribution in [0.5, 0.6) is 0 Å². The van der Waals surface area contributed by atoms with Crippen LogP contribution in [0, 0.1) is 11.6 Å². The number of hydrogen-bond donors (Lipinski definition) is 1. The quantitative estimate of drug-likeness (QED) is 0.539. The number of amides is 1. The minimum absolute atomic E-state index is 0.0506. The number of carbonyl (C=O) groups is 1. The van der Waals surface area contributed by atoms with Crippen LogP contribution in [-0.2, 0) is 20.0 Å². The highest BCUT2D eigenvalue weighted by molar-refractivity contribution is 7.92. The number of nitrogens with zero attached hydrogens (tertiary/aromatic N) is 3. The molecule has 7 nitrogen and oxygen atoms in total. The molecule has 10 heteroatoms. The van der Waals surface area contributed by atoms with Gasteiger partial charge in [-0.25, -0.2) is 27.2 Å². The summed E-state index contributed by atoms with van der Waals surface area (Å²) < 4.78 is 52.7. The fourth-order valence-electron chi connectivity index (χ4n) is 5.06. The minimum Gasteiger partial charge on any atom is -0.341 e. The Morgan fingerprint density at radius 1 is 1.03 bits per heavy atom. The van der Waals surface area contributed by atoms with Gasteiger partial charge >= 0.3 is 0 Å². The molecule has 1 amide bonds. The second-order valence-corrected chi connectivity index (χ2v) is 12.6. The lowest BCUT2D eigenvalue weighted by atomic mass is 9.77. The predicted molar refractivity (Wildman–Crippen MR) is 133 cm³/mol. The molecule has 36 heavy (non-hydrogen) atoms. The van der Waals surface area contributed by atoms with Crippen LogP contribution in [0.2, 0.25) is 0 Å². The molecule has 188 valence electrons. The highest BCUT2D eigenvalue weighted by atomic mass is 32.2. The summed E-state index contributed by atoms with van der Waals surface area (Å²) >= 11 is 0. The number of nitrogens with one attached hydrogen (secondary N) is 1. The summed E-state index contributed by atoms with van der Waals surface area (Å²) in [6, 6.07) is 9.22. The van der Waals surface area contributed by atoms with E-state index in [4.69, 9.17) is 0 Å². The molecule has 0 saturated heterocycles. The lowest BCUT2D eigenvalue weighted by Gasteiger charge is -2.37. The molecule has 0 radical (unpaired) electrons. The number of hydrogen-bond acceptors (Lipinski definition) is 6. The van der Waals surface area contributed by atoms with E-state index in [1.807, 2.05) is 13.8 Å². The average Bonchev–Trinajstić information content (AvgIpc) is 3.62. The maximum absolute atomic E-state index is 14.8. The molecule has 2 aliphatic rings. The topological polar surface area (TPSA) is 92.3 Å². The van der Waals surface area contributed by atoms with Gasteiger partial charge in [-0.3, -0.25) is 4.79 Å². The maximum Gasteiger partial charge on any atom is 0.253 e. The lowest BCUT2D eigenvalue weighted by molar-refractivity contribution is 0.0737. The lowest BCUT2D eigenvalue weighted by Crippen LogP contribution is -2.44. The van der Waals surface area contributed by atoms with Crippen molar-refractivity contribution >= 4 is 27.4 Å². The molecule has 1 N–H and O–H groups in total. The molecule has 3 aromatic rings. The van der Waals surface area contributed by atoms with E-state index in [0.717, 1.165) is 18.0 Å². The molecule has 0 atom stereocenters. The number of carbonyl (C=O) groups excluding carboxylic acids is 1. The van der Waals surface area contributed by atoms with E-state index in [-0.39, 0.29) is 28.5 Å². The molecule has 1 saturated carbocycles. The molecule has 0 unspecified atom stereocenters. The van der Waals surface area contributed by atoms with E-state index in [1.165, 1.54) is 18.2 Å². The molecule has 5 rings (SSSR count). The van der Waals surface area contributed by atoms with Crippen molar-refractivity contribution in [2.24, 2.45) is 0 Å². The zero-order valence-electron chi connectivity index (χ0n) is 20.4. The smallest absolute Gasteiger partial charge is 0.253 e. The number of halogens is 2. The second-order valence-electron chi connectivity index (χ2n) is 10.3. The van der Waals surface area contributed by atoms with Crippen LogP contribution < -0.4 is 5.32 Å². The molecular formula is C26H26F2N4O3S. The summed E-state index contributed by atoms with van der Waals surface area (Å²) in [5.74, 6) is -1.25. The van der Waals surface area contributed by atoms with Gasteiger partial charge in [0.2, 0.25) is 5.95 Å². The largest absolute Gasteiger partial charge is 0.341 e. The van der Waals surface area contributed by atoms with Crippen LogP contribution in [0.3, 0.4) is 0 Å². The Hall–Kier alpha value is -3.40. The number of aromatic nitrogens is 2. The first kappa shape index (κ1) is 24.3. The van der Waals surface area contributed by atoms with Gasteiger partial charge in [-0.1, -0.05) is 19.9 Å². The highest BCUT2D eigenvalue weighted by Crippen LogP contribution is 2.53. The van der Waals surface area contributed by atoms with Crippen LogP contribution >= 0.6 is 0 Å².